The van der Waals surface area contributed by atoms with Crippen LogP contribution in [-0.4, -0.2) is 47.5 Å². The lowest BCUT2D eigenvalue weighted by Crippen LogP contribution is -2.20. The molecule has 1 N–H and O–H groups in total. The van der Waals surface area contributed by atoms with Crippen molar-refractivity contribution in [2.45, 2.75) is 13.3 Å². The summed E-state index contributed by atoms with van der Waals surface area (Å²) in [6.45, 7) is 5.68. The molecule has 0 bridgehead atoms. The minimum atomic E-state index is 0.563. The number of nitrogens with zero attached hydrogens (tertiary/aromatic N) is 3. The van der Waals surface area contributed by atoms with Crippen LogP contribution >= 0.6 is 0 Å². The summed E-state index contributed by atoms with van der Waals surface area (Å²) in [4.78, 5) is 4.73. The number of hydrogen-bond acceptors (Lipinski definition) is 6. The number of nitrogens with one attached hydrogen (secondary N) is 1. The minimum Gasteiger partial charge on any atom is -0.492 e. The van der Waals surface area contributed by atoms with E-state index in [-0.39, 0.29) is 0 Å². The third kappa shape index (κ3) is 4.38. The highest BCUT2D eigenvalue weighted by Crippen LogP contribution is 2.34. The van der Waals surface area contributed by atoms with Crippen LogP contribution < -0.4 is 19.5 Å². The monoisotopic (exact) mass is 430 g/mol. The standard InChI is InChI=1S/C25H26N4O3/c1-2-26-12-13-30-20-9-6-18(7-10-20)16-24-27-25-5-3-4-21(29(25)28-24)19-8-11-22-23(17-19)32-15-14-31-22/h3-11,17,26H,2,12-16H2,1H3. The second-order valence-corrected chi connectivity index (χ2v) is 7.59. The Hall–Kier alpha value is -3.58. The van der Waals surface area contributed by atoms with Gasteiger partial charge in [-0.3, -0.25) is 0 Å². The molecule has 5 rings (SSSR count). The molecule has 0 spiro atoms. The molecule has 3 heterocycles. The minimum absolute atomic E-state index is 0.563. The van der Waals surface area contributed by atoms with Crippen molar-refractivity contribution in [2.75, 3.05) is 32.9 Å². The Kier molecular flexibility index (Phi) is 5.89. The highest BCUT2D eigenvalue weighted by atomic mass is 16.6. The first kappa shape index (κ1) is 20.3. The molecule has 2 aromatic carbocycles. The van der Waals surface area contributed by atoms with Crippen molar-refractivity contribution < 1.29 is 14.2 Å². The molecule has 7 heteroatoms. The number of benzene rings is 2. The molecule has 1 aliphatic rings. The third-order valence-corrected chi connectivity index (χ3v) is 5.32. The largest absolute Gasteiger partial charge is 0.492 e. The lowest BCUT2D eigenvalue weighted by atomic mass is 10.1. The van der Waals surface area contributed by atoms with Crippen molar-refractivity contribution in [1.82, 2.24) is 19.9 Å². The van der Waals surface area contributed by atoms with Crippen LogP contribution in [0, 0.1) is 0 Å². The van der Waals surface area contributed by atoms with Crippen molar-refractivity contribution in [3.05, 3.63) is 72.1 Å². The fourth-order valence-corrected chi connectivity index (χ4v) is 3.75. The van der Waals surface area contributed by atoms with Crippen molar-refractivity contribution in [1.29, 1.82) is 0 Å². The number of rotatable bonds is 8. The van der Waals surface area contributed by atoms with E-state index in [1.54, 1.807) is 0 Å². The smallest absolute Gasteiger partial charge is 0.162 e. The molecule has 164 valence electrons. The van der Waals surface area contributed by atoms with Crippen LogP contribution in [0.3, 0.4) is 0 Å². The molecule has 0 unspecified atom stereocenters. The van der Waals surface area contributed by atoms with E-state index in [1.807, 2.05) is 53.0 Å². The van der Waals surface area contributed by atoms with Crippen molar-refractivity contribution in [3.8, 4) is 28.5 Å². The van der Waals surface area contributed by atoms with Gasteiger partial charge in [0.2, 0.25) is 0 Å². The van der Waals surface area contributed by atoms with E-state index < -0.39 is 0 Å². The molecule has 2 aromatic heterocycles. The molecule has 0 saturated heterocycles. The molecular formula is C25H26N4O3. The lowest BCUT2D eigenvalue weighted by molar-refractivity contribution is 0.171. The predicted molar refractivity (Wildman–Crippen MR) is 123 cm³/mol. The molecule has 4 aromatic rings. The Morgan fingerprint density at radius 1 is 1.00 bits per heavy atom. The summed E-state index contributed by atoms with van der Waals surface area (Å²) in [5.41, 5.74) is 3.93. The first-order valence-electron chi connectivity index (χ1n) is 11.0. The first-order valence-corrected chi connectivity index (χ1v) is 11.0. The molecule has 0 aliphatic carbocycles. The van der Waals surface area contributed by atoms with E-state index in [1.165, 1.54) is 0 Å². The van der Waals surface area contributed by atoms with Crippen LogP contribution in [0.2, 0.25) is 0 Å². The maximum atomic E-state index is 5.75. The second-order valence-electron chi connectivity index (χ2n) is 7.59. The van der Waals surface area contributed by atoms with Gasteiger partial charge in [0, 0.05) is 18.5 Å². The summed E-state index contributed by atoms with van der Waals surface area (Å²) in [7, 11) is 0. The molecule has 0 fully saturated rings. The number of likely N-dealkylation sites (N-methyl/N-ethyl adjacent to an activating group) is 1. The SMILES string of the molecule is CCNCCOc1ccc(Cc2nc3cccc(-c4ccc5c(c4)OCCO5)n3n2)cc1. The normalized spacial score (nSPS) is 12.8. The van der Waals surface area contributed by atoms with Crippen molar-refractivity contribution >= 4 is 5.65 Å². The zero-order valence-electron chi connectivity index (χ0n) is 18.1. The fourth-order valence-electron chi connectivity index (χ4n) is 3.75. The quantitative estimate of drug-likeness (QED) is 0.430. The summed E-state index contributed by atoms with van der Waals surface area (Å²) in [5.74, 6) is 3.19. The summed E-state index contributed by atoms with van der Waals surface area (Å²) in [6, 6.07) is 20.1. The van der Waals surface area contributed by atoms with E-state index >= 15 is 0 Å². The van der Waals surface area contributed by atoms with Gasteiger partial charge in [0.25, 0.3) is 0 Å². The Labute approximate surface area is 187 Å². The molecule has 0 atom stereocenters. The van der Waals surface area contributed by atoms with Gasteiger partial charge in [-0.25, -0.2) is 9.50 Å². The molecular weight excluding hydrogens is 404 g/mol. The second kappa shape index (κ2) is 9.28. The maximum absolute atomic E-state index is 5.75. The number of fused-ring (bicyclic) bond motifs is 2. The van der Waals surface area contributed by atoms with Gasteiger partial charge in [0.15, 0.2) is 23.0 Å². The van der Waals surface area contributed by atoms with Crippen LogP contribution in [-0.2, 0) is 6.42 Å². The molecule has 7 nitrogen and oxygen atoms in total. The van der Waals surface area contributed by atoms with E-state index in [4.69, 9.17) is 24.3 Å². The number of pyridine rings is 1. The van der Waals surface area contributed by atoms with Gasteiger partial charge in [0.05, 0.1) is 5.69 Å². The van der Waals surface area contributed by atoms with E-state index in [0.29, 0.717) is 26.2 Å². The zero-order chi connectivity index (χ0) is 21.8. The van der Waals surface area contributed by atoms with Gasteiger partial charge in [-0.2, -0.15) is 5.10 Å². The van der Waals surface area contributed by atoms with E-state index in [2.05, 4.69) is 24.4 Å². The first-order chi connectivity index (χ1) is 15.8. The van der Waals surface area contributed by atoms with Crippen molar-refractivity contribution in [2.24, 2.45) is 0 Å². The van der Waals surface area contributed by atoms with Gasteiger partial charge < -0.3 is 19.5 Å². The average Bonchev–Trinajstić information content (AvgIpc) is 3.25. The van der Waals surface area contributed by atoms with Crippen LogP contribution in [0.25, 0.3) is 16.9 Å². The van der Waals surface area contributed by atoms with Crippen LogP contribution in [0.1, 0.15) is 18.3 Å². The lowest BCUT2D eigenvalue weighted by Gasteiger charge is -2.19. The van der Waals surface area contributed by atoms with Crippen molar-refractivity contribution in [3.63, 3.8) is 0 Å². The zero-order valence-corrected chi connectivity index (χ0v) is 18.1. The number of aromatic nitrogens is 3. The van der Waals surface area contributed by atoms with E-state index in [9.17, 15) is 0 Å². The van der Waals surface area contributed by atoms with Gasteiger partial charge in [0.1, 0.15) is 25.6 Å². The number of ether oxygens (including phenoxy) is 3. The maximum Gasteiger partial charge on any atom is 0.162 e. The van der Waals surface area contributed by atoms with Gasteiger partial charge in [-0.1, -0.05) is 25.1 Å². The number of hydrogen-bond donors (Lipinski definition) is 1. The summed E-state index contributed by atoms with van der Waals surface area (Å²) < 4.78 is 19.0. The molecule has 0 saturated carbocycles. The molecule has 0 radical (unpaired) electrons. The van der Waals surface area contributed by atoms with Gasteiger partial charge in [-0.15, -0.1) is 0 Å². The van der Waals surface area contributed by atoms with Crippen LogP contribution in [0.15, 0.2) is 60.7 Å². The molecule has 0 amide bonds. The summed E-state index contributed by atoms with van der Waals surface area (Å²) in [5, 5.41) is 8.03. The third-order valence-electron chi connectivity index (χ3n) is 5.32. The van der Waals surface area contributed by atoms with Crippen LogP contribution in [0.5, 0.6) is 17.2 Å². The summed E-state index contributed by atoms with van der Waals surface area (Å²) >= 11 is 0. The highest BCUT2D eigenvalue weighted by Gasteiger charge is 2.15. The Morgan fingerprint density at radius 3 is 2.69 bits per heavy atom. The Morgan fingerprint density at radius 2 is 1.84 bits per heavy atom. The molecule has 32 heavy (non-hydrogen) atoms. The van der Waals surface area contributed by atoms with Crippen LogP contribution in [0.4, 0.5) is 0 Å². The average molecular weight is 431 g/mol. The topological polar surface area (TPSA) is 69.9 Å². The Bertz CT molecular complexity index is 1200. The van der Waals surface area contributed by atoms with E-state index in [0.717, 1.165) is 58.6 Å². The Balaban J connectivity index is 1.34. The predicted octanol–water partition coefficient (Wildman–Crippen LogP) is 3.75. The molecule has 1 aliphatic heterocycles. The van der Waals surface area contributed by atoms with Gasteiger partial charge >= 0.3 is 0 Å². The summed E-state index contributed by atoms with van der Waals surface area (Å²) in [6.07, 6.45) is 0.653. The fraction of sp³-hybridized carbons (Fsp3) is 0.280. The van der Waals surface area contributed by atoms with Gasteiger partial charge in [-0.05, 0) is 54.6 Å². The highest BCUT2D eigenvalue weighted by molar-refractivity contribution is 5.66.